The lowest BCUT2D eigenvalue weighted by Crippen LogP contribution is -2.45. The third-order valence-electron chi connectivity index (χ3n) is 8.76. The summed E-state index contributed by atoms with van der Waals surface area (Å²) in [6.45, 7) is 4.90. The molecular weight excluding hydrogens is 592 g/mol. The summed E-state index contributed by atoms with van der Waals surface area (Å²) in [6, 6.07) is 0. The summed E-state index contributed by atoms with van der Waals surface area (Å²) in [5.74, 6) is 0. The van der Waals surface area contributed by atoms with Crippen molar-refractivity contribution in [2.75, 3.05) is 40.6 Å². The zero-order valence-electron chi connectivity index (χ0n) is 27.7. The van der Waals surface area contributed by atoms with E-state index in [-0.39, 0.29) is 13.2 Å². The molecule has 12 atom stereocenters. The van der Waals surface area contributed by atoms with Crippen LogP contribution in [0.15, 0.2) is 0 Å². The number of unbranched alkanes of at least 4 members (excludes halogenated alkanes) is 10. The fourth-order valence-electron chi connectivity index (χ4n) is 6.09. The predicted molar refractivity (Wildman–Crippen MR) is 162 cm³/mol. The summed E-state index contributed by atoms with van der Waals surface area (Å²) in [5, 5.41) is 41.9. The van der Waals surface area contributed by atoms with Gasteiger partial charge in [-0.2, -0.15) is 0 Å². The smallest absolute Gasteiger partial charge is 0.189 e. The van der Waals surface area contributed by atoms with Gasteiger partial charge in [-0.25, -0.2) is 0 Å². The first-order valence-corrected chi connectivity index (χ1v) is 17.1. The zero-order valence-corrected chi connectivity index (χ0v) is 27.7. The maximum Gasteiger partial charge on any atom is 0.189 e. The van der Waals surface area contributed by atoms with E-state index in [0.717, 1.165) is 38.5 Å². The molecule has 0 amide bonds. The average Bonchev–Trinajstić information content (AvgIpc) is 3.63. The number of aliphatic hydroxyl groups is 4. The van der Waals surface area contributed by atoms with E-state index in [1.807, 2.05) is 0 Å². The molecule has 3 saturated heterocycles. The molecule has 3 aliphatic rings. The first kappa shape index (κ1) is 38.9. The van der Waals surface area contributed by atoms with Crippen LogP contribution in [0.5, 0.6) is 0 Å². The minimum Gasteiger partial charge on any atom is -0.394 e. The third kappa shape index (κ3) is 11.6. The molecule has 266 valence electrons. The number of ether oxygens (including phenoxy) is 9. The van der Waals surface area contributed by atoms with E-state index >= 15 is 0 Å². The SMILES string of the molecule is CCCCCCCCO[C@H]1O[C@H](CO[C@@H]2[C@@H](OCCCCCCCC)O[C@H](CO)[C@H]2OC)[C@@H](O[C@@H]2O[C@H](O)[C@@H](OC)[C@@H]2O)[C@@H]1O. The van der Waals surface area contributed by atoms with Crippen LogP contribution in [0.4, 0.5) is 0 Å². The van der Waals surface area contributed by atoms with Gasteiger partial charge in [-0.15, -0.1) is 0 Å². The second-order valence-corrected chi connectivity index (χ2v) is 12.2. The highest BCUT2D eigenvalue weighted by Crippen LogP contribution is 2.33. The molecule has 3 heterocycles. The molecule has 0 aromatic heterocycles. The van der Waals surface area contributed by atoms with Gasteiger partial charge in [0.2, 0.25) is 0 Å². The third-order valence-corrected chi connectivity index (χ3v) is 8.76. The summed E-state index contributed by atoms with van der Waals surface area (Å²) in [7, 11) is 2.87. The Labute approximate surface area is 268 Å². The molecule has 0 aromatic rings. The van der Waals surface area contributed by atoms with E-state index in [9.17, 15) is 20.4 Å². The van der Waals surface area contributed by atoms with Crippen molar-refractivity contribution < 1.29 is 63.1 Å². The fourth-order valence-corrected chi connectivity index (χ4v) is 6.09. The Morgan fingerprint density at radius 2 is 1.07 bits per heavy atom. The van der Waals surface area contributed by atoms with Crippen molar-refractivity contribution in [1.82, 2.24) is 0 Å². The molecule has 45 heavy (non-hydrogen) atoms. The highest BCUT2D eigenvalue weighted by Gasteiger charge is 2.53. The summed E-state index contributed by atoms with van der Waals surface area (Å²) >= 11 is 0. The van der Waals surface area contributed by atoms with Gasteiger partial charge in [-0.05, 0) is 12.8 Å². The number of hydrogen-bond donors (Lipinski definition) is 4. The van der Waals surface area contributed by atoms with Crippen molar-refractivity contribution in [1.29, 1.82) is 0 Å². The second-order valence-electron chi connectivity index (χ2n) is 12.2. The highest BCUT2D eigenvalue weighted by molar-refractivity contribution is 4.93. The second kappa shape index (κ2) is 21.5. The Balaban J connectivity index is 1.61. The molecule has 0 aliphatic carbocycles. The van der Waals surface area contributed by atoms with Crippen molar-refractivity contribution in [3.05, 3.63) is 0 Å². The number of rotatable bonds is 24. The van der Waals surface area contributed by atoms with Crippen molar-refractivity contribution in [3.8, 4) is 0 Å². The van der Waals surface area contributed by atoms with E-state index in [0.29, 0.717) is 13.2 Å². The standard InChI is InChI=1S/C32H60O13/c1-5-7-9-11-13-15-17-39-30-23(34)25(44-31-24(35)27(38-4)29(36)45-31)22(43-30)20-41-28-26(37-3)21(19-33)42-32(28)40-18-16-14-12-10-8-6-2/h21-36H,5-20H2,1-4H3/t21-,22-,23+,24+,25-,26-,27+,28+,29+,30+,31-,32+/m1/s1. The molecule has 0 aromatic carbocycles. The van der Waals surface area contributed by atoms with Gasteiger partial charge < -0.3 is 63.1 Å². The maximum atomic E-state index is 11.2. The minimum atomic E-state index is -1.40. The van der Waals surface area contributed by atoms with Crippen LogP contribution in [0, 0.1) is 0 Å². The van der Waals surface area contributed by atoms with Crippen molar-refractivity contribution in [2.45, 2.75) is 165 Å². The Morgan fingerprint density at radius 1 is 0.533 bits per heavy atom. The predicted octanol–water partition coefficient (Wildman–Crippen LogP) is 2.38. The van der Waals surface area contributed by atoms with Gasteiger partial charge in [-0.1, -0.05) is 78.1 Å². The van der Waals surface area contributed by atoms with Gasteiger partial charge in [0.15, 0.2) is 25.2 Å². The lowest BCUT2D eigenvalue weighted by atomic mass is 10.1. The van der Waals surface area contributed by atoms with Gasteiger partial charge in [0, 0.05) is 27.4 Å². The average molecular weight is 653 g/mol. The Hall–Kier alpha value is -0.520. The van der Waals surface area contributed by atoms with Gasteiger partial charge in [0.05, 0.1) is 13.2 Å². The summed E-state index contributed by atoms with van der Waals surface area (Å²) < 4.78 is 52.4. The summed E-state index contributed by atoms with van der Waals surface area (Å²) in [6.07, 6.45) is 1.44. The molecule has 0 bridgehead atoms. The van der Waals surface area contributed by atoms with Gasteiger partial charge >= 0.3 is 0 Å². The van der Waals surface area contributed by atoms with Crippen LogP contribution in [0.2, 0.25) is 0 Å². The van der Waals surface area contributed by atoms with Gasteiger partial charge in [0.1, 0.15) is 48.8 Å². The van der Waals surface area contributed by atoms with Crippen LogP contribution in [-0.4, -0.2) is 135 Å². The summed E-state index contributed by atoms with van der Waals surface area (Å²) in [4.78, 5) is 0. The van der Waals surface area contributed by atoms with Crippen molar-refractivity contribution >= 4 is 0 Å². The van der Waals surface area contributed by atoms with Crippen LogP contribution in [0.25, 0.3) is 0 Å². The van der Waals surface area contributed by atoms with Gasteiger partial charge in [0.25, 0.3) is 0 Å². The van der Waals surface area contributed by atoms with Crippen LogP contribution < -0.4 is 0 Å². The molecule has 3 rings (SSSR count). The molecular formula is C32H60O13. The number of methoxy groups -OCH3 is 2. The molecule has 13 nitrogen and oxygen atoms in total. The maximum absolute atomic E-state index is 11.2. The van der Waals surface area contributed by atoms with E-state index in [2.05, 4.69) is 13.8 Å². The number of hydrogen-bond acceptors (Lipinski definition) is 13. The highest BCUT2D eigenvalue weighted by atomic mass is 16.8. The zero-order chi connectivity index (χ0) is 32.6. The minimum absolute atomic E-state index is 0.0689. The molecule has 0 spiro atoms. The molecule has 4 N–H and O–H groups in total. The Bertz CT molecular complexity index is 763. The van der Waals surface area contributed by atoms with Gasteiger partial charge in [-0.3, -0.25) is 0 Å². The van der Waals surface area contributed by atoms with E-state index in [1.54, 1.807) is 0 Å². The van der Waals surface area contributed by atoms with E-state index in [4.69, 9.17) is 42.6 Å². The molecule has 3 aliphatic heterocycles. The fraction of sp³-hybridized carbons (Fsp3) is 1.00. The quantitative estimate of drug-likeness (QED) is 0.113. The Morgan fingerprint density at radius 3 is 1.62 bits per heavy atom. The molecule has 0 radical (unpaired) electrons. The summed E-state index contributed by atoms with van der Waals surface area (Å²) in [5.41, 5.74) is 0. The lowest BCUT2D eigenvalue weighted by Gasteiger charge is -2.28. The molecule has 0 saturated carbocycles. The normalized spacial score (nSPS) is 36.8. The van der Waals surface area contributed by atoms with Crippen LogP contribution >= 0.6 is 0 Å². The Kier molecular flexibility index (Phi) is 18.6. The van der Waals surface area contributed by atoms with E-state index in [1.165, 1.54) is 52.7 Å². The van der Waals surface area contributed by atoms with Crippen molar-refractivity contribution in [2.24, 2.45) is 0 Å². The first-order chi connectivity index (χ1) is 21.9. The largest absolute Gasteiger partial charge is 0.394 e. The topological polar surface area (TPSA) is 164 Å². The van der Waals surface area contributed by atoms with E-state index < -0.39 is 74.0 Å². The molecule has 0 unspecified atom stereocenters. The van der Waals surface area contributed by atoms with Crippen LogP contribution in [0.3, 0.4) is 0 Å². The van der Waals surface area contributed by atoms with Crippen molar-refractivity contribution in [3.63, 3.8) is 0 Å². The van der Waals surface area contributed by atoms with Crippen LogP contribution in [-0.2, 0) is 42.6 Å². The number of aliphatic hydroxyl groups excluding tert-OH is 4. The molecule has 13 heteroatoms. The molecule has 3 fully saturated rings. The first-order valence-electron chi connectivity index (χ1n) is 17.1. The van der Waals surface area contributed by atoms with Crippen LogP contribution in [0.1, 0.15) is 90.9 Å². The lowest BCUT2D eigenvalue weighted by molar-refractivity contribution is -0.241. The monoisotopic (exact) mass is 652 g/mol.